The van der Waals surface area contributed by atoms with Gasteiger partial charge in [0.25, 0.3) is 5.91 Å². The molecule has 0 atom stereocenters. The smallest absolute Gasteiger partial charge is 0.255 e. The summed E-state index contributed by atoms with van der Waals surface area (Å²) < 4.78 is 0. The summed E-state index contributed by atoms with van der Waals surface area (Å²) >= 11 is 0. The van der Waals surface area contributed by atoms with Gasteiger partial charge >= 0.3 is 0 Å². The summed E-state index contributed by atoms with van der Waals surface area (Å²) in [7, 11) is 0. The van der Waals surface area contributed by atoms with Gasteiger partial charge in [0.1, 0.15) is 5.75 Å². The number of benzene rings is 1. The average molecular weight is 219 g/mol. The third-order valence-electron chi connectivity index (χ3n) is 3.26. The molecule has 1 aliphatic carbocycles. The minimum absolute atomic E-state index is 0.0842. The molecule has 3 heteroatoms. The molecule has 0 bridgehead atoms. The van der Waals surface area contributed by atoms with E-state index in [4.69, 9.17) is 0 Å². The van der Waals surface area contributed by atoms with Crippen LogP contribution in [-0.4, -0.2) is 17.6 Å². The Balaban J connectivity index is 2.05. The molecule has 1 aromatic carbocycles. The van der Waals surface area contributed by atoms with E-state index in [2.05, 4.69) is 12.2 Å². The van der Waals surface area contributed by atoms with Gasteiger partial charge in [0.2, 0.25) is 0 Å². The van der Waals surface area contributed by atoms with E-state index in [9.17, 15) is 9.90 Å². The fourth-order valence-corrected chi connectivity index (χ4v) is 1.62. The Bertz CT molecular complexity index is 422. The molecule has 3 nitrogen and oxygen atoms in total. The third kappa shape index (κ3) is 2.18. The molecule has 1 saturated carbocycles. The van der Waals surface area contributed by atoms with Crippen LogP contribution in [-0.2, 0) is 0 Å². The van der Waals surface area contributed by atoms with Crippen molar-refractivity contribution < 1.29 is 9.90 Å². The zero-order chi connectivity index (χ0) is 11.8. The summed E-state index contributed by atoms with van der Waals surface area (Å²) in [6.07, 6.45) is 2.35. The Hall–Kier alpha value is -1.51. The second-order valence-corrected chi connectivity index (χ2v) is 4.96. The van der Waals surface area contributed by atoms with E-state index in [1.54, 1.807) is 25.1 Å². The van der Waals surface area contributed by atoms with Crippen LogP contribution in [0.15, 0.2) is 18.2 Å². The Labute approximate surface area is 95.5 Å². The molecule has 1 fully saturated rings. The fraction of sp³-hybridized carbons (Fsp3) is 0.462. The lowest BCUT2D eigenvalue weighted by Gasteiger charge is -2.11. The third-order valence-corrected chi connectivity index (χ3v) is 3.26. The van der Waals surface area contributed by atoms with Crippen LogP contribution in [0.25, 0.3) is 0 Å². The number of aromatic hydroxyl groups is 1. The number of carbonyl (C=O) groups excluding carboxylic acids is 1. The molecule has 2 N–H and O–H groups in total. The van der Waals surface area contributed by atoms with Crippen LogP contribution in [0.4, 0.5) is 0 Å². The van der Waals surface area contributed by atoms with Crippen LogP contribution in [0.3, 0.4) is 0 Å². The van der Waals surface area contributed by atoms with Crippen molar-refractivity contribution in [2.24, 2.45) is 5.41 Å². The van der Waals surface area contributed by atoms with E-state index < -0.39 is 0 Å². The van der Waals surface area contributed by atoms with Crippen molar-refractivity contribution in [1.29, 1.82) is 0 Å². The normalized spacial score (nSPS) is 16.9. The first-order valence-electron chi connectivity index (χ1n) is 5.59. The molecule has 2 rings (SSSR count). The molecule has 0 heterocycles. The zero-order valence-corrected chi connectivity index (χ0v) is 9.71. The van der Waals surface area contributed by atoms with Crippen molar-refractivity contribution in [3.63, 3.8) is 0 Å². The van der Waals surface area contributed by atoms with E-state index in [0.29, 0.717) is 12.1 Å². The van der Waals surface area contributed by atoms with Crippen LogP contribution in [0, 0.1) is 12.3 Å². The van der Waals surface area contributed by atoms with Crippen LogP contribution in [0.5, 0.6) is 5.75 Å². The van der Waals surface area contributed by atoms with Crippen LogP contribution in [0.1, 0.15) is 35.7 Å². The molecule has 0 spiro atoms. The zero-order valence-electron chi connectivity index (χ0n) is 9.71. The molecule has 0 radical (unpaired) electrons. The van der Waals surface area contributed by atoms with Crippen molar-refractivity contribution in [2.45, 2.75) is 26.7 Å². The number of hydrogen-bond donors (Lipinski definition) is 2. The second-order valence-electron chi connectivity index (χ2n) is 4.96. The lowest BCUT2D eigenvalue weighted by atomic mass is 10.1. The Kier molecular flexibility index (Phi) is 2.62. The van der Waals surface area contributed by atoms with Gasteiger partial charge in [0, 0.05) is 6.54 Å². The topological polar surface area (TPSA) is 49.3 Å². The summed E-state index contributed by atoms with van der Waals surface area (Å²) in [5.41, 5.74) is 1.38. The maximum atomic E-state index is 11.8. The van der Waals surface area contributed by atoms with Crippen LogP contribution < -0.4 is 5.32 Å². The van der Waals surface area contributed by atoms with Gasteiger partial charge in [-0.05, 0) is 36.8 Å². The van der Waals surface area contributed by atoms with Gasteiger partial charge in [-0.25, -0.2) is 0 Å². The summed E-state index contributed by atoms with van der Waals surface area (Å²) in [5, 5.41) is 12.6. The lowest BCUT2D eigenvalue weighted by Crippen LogP contribution is -2.29. The van der Waals surface area contributed by atoms with Gasteiger partial charge in [-0.2, -0.15) is 0 Å². The van der Waals surface area contributed by atoms with E-state index in [-0.39, 0.29) is 17.1 Å². The molecule has 1 aromatic rings. The van der Waals surface area contributed by atoms with Crippen LogP contribution in [0.2, 0.25) is 0 Å². The van der Waals surface area contributed by atoms with Crippen molar-refractivity contribution in [3.05, 3.63) is 29.3 Å². The number of para-hydroxylation sites is 1. The number of carbonyl (C=O) groups is 1. The maximum absolute atomic E-state index is 11.8. The van der Waals surface area contributed by atoms with Crippen molar-refractivity contribution in [1.82, 2.24) is 5.32 Å². The molecule has 0 aromatic heterocycles. The van der Waals surface area contributed by atoms with E-state index in [0.717, 1.165) is 5.56 Å². The van der Waals surface area contributed by atoms with Gasteiger partial charge in [-0.15, -0.1) is 0 Å². The molecule has 16 heavy (non-hydrogen) atoms. The molecular formula is C13H17NO2. The Morgan fingerprint density at radius 1 is 1.50 bits per heavy atom. The molecule has 0 aliphatic heterocycles. The summed E-state index contributed by atoms with van der Waals surface area (Å²) in [6, 6.07) is 5.21. The first-order valence-corrected chi connectivity index (χ1v) is 5.59. The first kappa shape index (κ1) is 11.0. The molecule has 0 saturated heterocycles. The number of nitrogens with one attached hydrogen (secondary N) is 1. The highest BCUT2D eigenvalue weighted by molar-refractivity contribution is 5.97. The quantitative estimate of drug-likeness (QED) is 0.819. The highest BCUT2D eigenvalue weighted by Gasteiger charge is 2.37. The van der Waals surface area contributed by atoms with E-state index >= 15 is 0 Å². The minimum atomic E-state index is -0.186. The van der Waals surface area contributed by atoms with Gasteiger partial charge < -0.3 is 10.4 Å². The number of hydrogen-bond acceptors (Lipinski definition) is 2. The van der Waals surface area contributed by atoms with Crippen molar-refractivity contribution >= 4 is 5.91 Å². The van der Waals surface area contributed by atoms with Crippen LogP contribution >= 0.6 is 0 Å². The number of amides is 1. The summed E-state index contributed by atoms with van der Waals surface area (Å²) in [4.78, 5) is 11.8. The monoisotopic (exact) mass is 219 g/mol. The van der Waals surface area contributed by atoms with Crippen molar-refractivity contribution in [2.75, 3.05) is 6.54 Å². The predicted molar refractivity (Wildman–Crippen MR) is 62.5 cm³/mol. The van der Waals surface area contributed by atoms with Gasteiger partial charge in [0.15, 0.2) is 0 Å². The number of phenolic OH excluding ortho intramolecular Hbond substituents is 1. The molecule has 0 unspecified atom stereocenters. The van der Waals surface area contributed by atoms with Crippen molar-refractivity contribution in [3.8, 4) is 5.75 Å². The summed E-state index contributed by atoms with van der Waals surface area (Å²) in [5.74, 6) is -0.102. The summed E-state index contributed by atoms with van der Waals surface area (Å²) in [6.45, 7) is 4.64. The molecule has 86 valence electrons. The predicted octanol–water partition coefficient (Wildman–Crippen LogP) is 2.23. The fourth-order valence-electron chi connectivity index (χ4n) is 1.62. The molecule has 1 amide bonds. The van der Waals surface area contributed by atoms with Gasteiger partial charge in [-0.3, -0.25) is 4.79 Å². The number of aryl methyl sites for hydroxylation is 1. The molecular weight excluding hydrogens is 202 g/mol. The SMILES string of the molecule is Cc1cccc(C(=O)NCC2(C)CC2)c1O. The van der Waals surface area contributed by atoms with Gasteiger partial charge in [-0.1, -0.05) is 19.1 Å². The maximum Gasteiger partial charge on any atom is 0.255 e. The van der Waals surface area contributed by atoms with E-state index in [1.807, 2.05) is 0 Å². The number of rotatable bonds is 3. The largest absolute Gasteiger partial charge is 0.507 e. The first-order chi connectivity index (χ1) is 7.52. The average Bonchev–Trinajstić information content (AvgIpc) is 2.98. The molecule has 1 aliphatic rings. The Morgan fingerprint density at radius 3 is 2.81 bits per heavy atom. The highest BCUT2D eigenvalue weighted by atomic mass is 16.3. The standard InChI is InChI=1S/C13H17NO2/c1-9-4-3-5-10(11(9)15)12(16)14-8-13(2)6-7-13/h3-5,15H,6-8H2,1-2H3,(H,14,16). The highest BCUT2D eigenvalue weighted by Crippen LogP contribution is 2.44. The lowest BCUT2D eigenvalue weighted by molar-refractivity contribution is 0.0943. The minimum Gasteiger partial charge on any atom is -0.507 e. The Morgan fingerprint density at radius 2 is 2.19 bits per heavy atom. The van der Waals surface area contributed by atoms with Gasteiger partial charge in [0.05, 0.1) is 5.56 Å². The van der Waals surface area contributed by atoms with E-state index in [1.165, 1.54) is 12.8 Å². The second kappa shape index (κ2) is 3.81. The number of phenols is 1.